The number of imidazole rings is 1. The Morgan fingerprint density at radius 1 is 1.17 bits per heavy atom. The van der Waals surface area contributed by atoms with Crippen LogP contribution in [0.4, 0.5) is 0 Å². The van der Waals surface area contributed by atoms with E-state index in [1.807, 2.05) is 18.2 Å². The molecule has 2 aromatic heterocycles. The number of pyridine rings is 1. The van der Waals surface area contributed by atoms with Crippen LogP contribution >= 0.6 is 0 Å². The first-order valence-electron chi connectivity index (χ1n) is 7.85. The smallest absolute Gasteiger partial charge is 0.479 e. The second-order valence-corrected chi connectivity index (χ2v) is 6.01. The van der Waals surface area contributed by atoms with E-state index in [9.17, 15) is 10.0 Å². The minimum atomic E-state index is -1.45. The Hall–Kier alpha value is -2.38. The van der Waals surface area contributed by atoms with Gasteiger partial charge in [0.2, 0.25) is 5.88 Å². The highest BCUT2D eigenvalue weighted by Crippen LogP contribution is 2.27. The summed E-state index contributed by atoms with van der Waals surface area (Å²) in [6.07, 6.45) is 1.72. The molecule has 0 spiro atoms. The zero-order valence-electron chi connectivity index (χ0n) is 14.0. The van der Waals surface area contributed by atoms with E-state index in [4.69, 9.17) is 9.72 Å². The molecule has 0 saturated heterocycles. The summed E-state index contributed by atoms with van der Waals surface area (Å²) in [5.74, 6) is 1.73. The fraction of sp³-hybridized carbons (Fsp3) is 0.294. The molecule has 7 heteroatoms. The zero-order valence-corrected chi connectivity index (χ0v) is 14.0. The highest BCUT2D eigenvalue weighted by atomic mass is 16.5. The van der Waals surface area contributed by atoms with Crippen molar-refractivity contribution in [2.45, 2.75) is 26.3 Å². The van der Waals surface area contributed by atoms with E-state index in [0.717, 1.165) is 22.4 Å². The van der Waals surface area contributed by atoms with Gasteiger partial charge in [-0.1, -0.05) is 38.1 Å². The summed E-state index contributed by atoms with van der Waals surface area (Å²) in [7, 11) is 0.143. The molecule has 0 unspecified atom stereocenters. The highest BCUT2D eigenvalue weighted by Gasteiger charge is 2.17. The number of hydrogen-bond acceptors (Lipinski definition) is 5. The van der Waals surface area contributed by atoms with Crippen LogP contribution in [0.25, 0.3) is 11.0 Å². The molecule has 2 heterocycles. The van der Waals surface area contributed by atoms with E-state index in [1.54, 1.807) is 25.4 Å². The molecule has 3 aromatic rings. The molecule has 0 saturated carbocycles. The third-order valence-corrected chi connectivity index (χ3v) is 3.99. The molecule has 0 atom stereocenters. The Balaban J connectivity index is 2.05. The summed E-state index contributed by atoms with van der Waals surface area (Å²) < 4.78 is 7.47. The van der Waals surface area contributed by atoms with Gasteiger partial charge >= 0.3 is 7.12 Å². The van der Waals surface area contributed by atoms with Crippen molar-refractivity contribution in [2.24, 2.45) is 0 Å². The number of nitrogens with zero attached hydrogens (tertiary/aromatic N) is 3. The van der Waals surface area contributed by atoms with Crippen molar-refractivity contribution < 1.29 is 14.8 Å². The lowest BCUT2D eigenvalue weighted by Gasteiger charge is -2.12. The molecule has 6 nitrogen and oxygen atoms in total. The summed E-state index contributed by atoms with van der Waals surface area (Å²) in [4.78, 5) is 8.94. The van der Waals surface area contributed by atoms with Crippen LogP contribution in [0.3, 0.4) is 0 Å². The molecule has 0 aliphatic carbocycles. The molecule has 124 valence electrons. The van der Waals surface area contributed by atoms with Gasteiger partial charge in [0.05, 0.1) is 12.6 Å². The van der Waals surface area contributed by atoms with E-state index < -0.39 is 7.12 Å². The summed E-state index contributed by atoms with van der Waals surface area (Å²) in [6, 6.07) is 9.15. The SMILES string of the molecule is COc1nccc2c1nc(C(C)C)n2Cc1ccc(B(O)O)cc1. The molecular weight excluding hydrogens is 305 g/mol. The van der Waals surface area contributed by atoms with Gasteiger partial charge in [-0.05, 0) is 17.1 Å². The van der Waals surface area contributed by atoms with Crippen molar-refractivity contribution in [1.82, 2.24) is 14.5 Å². The van der Waals surface area contributed by atoms with Crippen molar-refractivity contribution in [3.8, 4) is 5.88 Å². The van der Waals surface area contributed by atoms with Crippen molar-refractivity contribution in [2.75, 3.05) is 7.11 Å². The van der Waals surface area contributed by atoms with Crippen LogP contribution < -0.4 is 10.2 Å². The van der Waals surface area contributed by atoms with Gasteiger partial charge < -0.3 is 19.4 Å². The summed E-state index contributed by atoms with van der Waals surface area (Å²) in [5, 5.41) is 18.4. The standard InChI is InChI=1S/C17H20BN3O3/c1-11(2)16-20-15-14(8-9-19-17(15)24-3)21(16)10-12-4-6-13(7-5-12)18(22)23/h4-9,11,22-23H,10H2,1-3H3. The number of aromatic nitrogens is 3. The number of hydrogen-bond donors (Lipinski definition) is 2. The Morgan fingerprint density at radius 3 is 2.46 bits per heavy atom. The number of rotatable bonds is 5. The normalized spacial score (nSPS) is 11.2. The Kier molecular flexibility index (Phi) is 4.55. The van der Waals surface area contributed by atoms with Crippen LogP contribution in [0.2, 0.25) is 0 Å². The van der Waals surface area contributed by atoms with Gasteiger partial charge in [0.1, 0.15) is 5.82 Å². The van der Waals surface area contributed by atoms with Gasteiger partial charge in [0, 0.05) is 18.7 Å². The molecule has 0 aliphatic rings. The summed E-state index contributed by atoms with van der Waals surface area (Å²) in [5.41, 5.74) is 3.25. The van der Waals surface area contributed by atoms with Crippen molar-refractivity contribution >= 4 is 23.6 Å². The van der Waals surface area contributed by atoms with Crippen LogP contribution in [0, 0.1) is 0 Å². The second kappa shape index (κ2) is 6.63. The number of methoxy groups -OCH3 is 1. The van der Waals surface area contributed by atoms with Crippen molar-refractivity contribution in [3.63, 3.8) is 0 Å². The minimum absolute atomic E-state index is 0.251. The van der Waals surface area contributed by atoms with E-state index in [1.165, 1.54) is 0 Å². The van der Waals surface area contributed by atoms with Gasteiger partial charge in [0.15, 0.2) is 5.52 Å². The summed E-state index contributed by atoms with van der Waals surface area (Å²) >= 11 is 0. The second-order valence-electron chi connectivity index (χ2n) is 6.01. The van der Waals surface area contributed by atoms with E-state index in [-0.39, 0.29) is 5.92 Å². The maximum Gasteiger partial charge on any atom is 0.488 e. The molecule has 0 fully saturated rings. The topological polar surface area (TPSA) is 80.4 Å². The lowest BCUT2D eigenvalue weighted by atomic mass is 9.80. The Labute approximate surface area is 140 Å². The predicted octanol–water partition coefficient (Wildman–Crippen LogP) is 1.29. The third-order valence-electron chi connectivity index (χ3n) is 3.99. The molecule has 0 bridgehead atoms. The number of fused-ring (bicyclic) bond motifs is 1. The predicted molar refractivity (Wildman–Crippen MR) is 93.5 cm³/mol. The van der Waals surface area contributed by atoms with Crippen LogP contribution in [0.1, 0.15) is 31.2 Å². The average Bonchev–Trinajstić information content (AvgIpc) is 2.94. The lowest BCUT2D eigenvalue weighted by Crippen LogP contribution is -2.29. The molecule has 24 heavy (non-hydrogen) atoms. The van der Waals surface area contributed by atoms with E-state index in [0.29, 0.717) is 17.9 Å². The Bertz CT molecular complexity index is 844. The quantitative estimate of drug-likeness (QED) is 0.691. The highest BCUT2D eigenvalue weighted by molar-refractivity contribution is 6.58. The molecule has 0 aliphatic heterocycles. The van der Waals surface area contributed by atoms with Gasteiger partial charge in [-0.15, -0.1) is 0 Å². The largest absolute Gasteiger partial charge is 0.488 e. The van der Waals surface area contributed by atoms with E-state index >= 15 is 0 Å². The average molecular weight is 325 g/mol. The molecule has 3 rings (SSSR count). The monoisotopic (exact) mass is 325 g/mol. The zero-order chi connectivity index (χ0) is 17.3. The van der Waals surface area contributed by atoms with Gasteiger partial charge in [0.25, 0.3) is 0 Å². The first-order valence-corrected chi connectivity index (χ1v) is 7.85. The maximum absolute atomic E-state index is 9.21. The first-order chi connectivity index (χ1) is 11.5. The van der Waals surface area contributed by atoms with Crippen LogP contribution in [-0.2, 0) is 6.54 Å². The molecule has 1 aromatic carbocycles. The van der Waals surface area contributed by atoms with Crippen molar-refractivity contribution in [3.05, 3.63) is 47.9 Å². The van der Waals surface area contributed by atoms with Crippen molar-refractivity contribution in [1.29, 1.82) is 0 Å². The lowest BCUT2D eigenvalue weighted by molar-refractivity contribution is 0.402. The molecular formula is C17H20BN3O3. The maximum atomic E-state index is 9.21. The van der Waals surface area contributed by atoms with E-state index in [2.05, 4.69) is 23.4 Å². The third kappa shape index (κ3) is 3.00. The fourth-order valence-electron chi connectivity index (χ4n) is 2.78. The van der Waals surface area contributed by atoms with Crippen LogP contribution in [-0.4, -0.2) is 38.8 Å². The van der Waals surface area contributed by atoms with Gasteiger partial charge in [-0.3, -0.25) is 0 Å². The van der Waals surface area contributed by atoms with Gasteiger partial charge in [-0.2, -0.15) is 0 Å². The van der Waals surface area contributed by atoms with Crippen LogP contribution in [0.5, 0.6) is 5.88 Å². The Morgan fingerprint density at radius 2 is 1.88 bits per heavy atom. The molecule has 2 N–H and O–H groups in total. The number of ether oxygens (including phenoxy) is 1. The number of benzene rings is 1. The summed E-state index contributed by atoms with van der Waals surface area (Å²) in [6.45, 7) is 4.84. The van der Waals surface area contributed by atoms with Crippen LogP contribution in [0.15, 0.2) is 36.5 Å². The fourth-order valence-corrected chi connectivity index (χ4v) is 2.78. The first kappa shape index (κ1) is 16.5. The minimum Gasteiger partial charge on any atom is -0.479 e. The molecule has 0 radical (unpaired) electrons. The van der Waals surface area contributed by atoms with Gasteiger partial charge in [-0.25, -0.2) is 9.97 Å². The molecule has 0 amide bonds.